The summed E-state index contributed by atoms with van der Waals surface area (Å²) in [5.41, 5.74) is 1.13. The summed E-state index contributed by atoms with van der Waals surface area (Å²) < 4.78 is 0. The van der Waals surface area contributed by atoms with Gasteiger partial charge in [0.2, 0.25) is 0 Å². The van der Waals surface area contributed by atoms with E-state index in [1.54, 1.807) is 36.3 Å². The molecule has 1 N–H and O–H groups in total. The zero-order valence-corrected chi connectivity index (χ0v) is 10.9. The Hall–Kier alpha value is -1.52. The molecule has 0 radical (unpaired) electrons. The molecule has 0 spiro atoms. The second kappa shape index (κ2) is 5.89. The Morgan fingerprint density at radius 2 is 2.00 bits per heavy atom. The number of thioether (sulfide) groups is 1. The fourth-order valence-corrected chi connectivity index (χ4v) is 2.61. The van der Waals surface area contributed by atoms with Gasteiger partial charge in [0.15, 0.2) is 0 Å². The number of nitrogens with zero attached hydrogens (tertiary/aromatic N) is 1. The summed E-state index contributed by atoms with van der Waals surface area (Å²) in [6.45, 7) is 0. The third-order valence-corrected chi connectivity index (χ3v) is 3.76. The van der Waals surface area contributed by atoms with Crippen molar-refractivity contribution in [3.8, 4) is 0 Å². The minimum atomic E-state index is -0.967. The van der Waals surface area contributed by atoms with Gasteiger partial charge in [-0.25, -0.2) is 4.79 Å². The molecule has 0 fully saturated rings. The Morgan fingerprint density at radius 3 is 2.61 bits per heavy atom. The van der Waals surface area contributed by atoms with Crippen molar-refractivity contribution in [3.63, 3.8) is 0 Å². The molecule has 1 aromatic heterocycles. The predicted octanol–water partition coefficient (Wildman–Crippen LogP) is 3.73. The minimum absolute atomic E-state index is 0.206. The van der Waals surface area contributed by atoms with Gasteiger partial charge in [0, 0.05) is 28.1 Å². The van der Waals surface area contributed by atoms with Gasteiger partial charge in [0.1, 0.15) is 0 Å². The van der Waals surface area contributed by atoms with Crippen LogP contribution in [-0.4, -0.2) is 16.1 Å². The highest BCUT2D eigenvalue weighted by atomic mass is 35.5. The molecular formula is C13H10ClNO2S. The van der Waals surface area contributed by atoms with Gasteiger partial charge in [0.25, 0.3) is 0 Å². The quantitative estimate of drug-likeness (QED) is 0.867. The smallest absolute Gasteiger partial charge is 0.335 e. The molecule has 0 bridgehead atoms. The van der Waals surface area contributed by atoms with E-state index in [0.29, 0.717) is 10.8 Å². The molecule has 0 aliphatic heterocycles. The molecule has 0 aliphatic rings. The van der Waals surface area contributed by atoms with Crippen LogP contribution in [0.25, 0.3) is 0 Å². The molecule has 0 amide bonds. The number of aromatic carboxylic acids is 1. The Labute approximate surface area is 114 Å². The molecule has 0 atom stereocenters. The number of hydrogen-bond acceptors (Lipinski definition) is 3. The normalized spacial score (nSPS) is 10.3. The van der Waals surface area contributed by atoms with Gasteiger partial charge in [-0.3, -0.25) is 4.98 Å². The summed E-state index contributed by atoms with van der Waals surface area (Å²) in [7, 11) is 0. The number of benzene rings is 1. The molecule has 1 heterocycles. The number of hydrogen-bond donors (Lipinski definition) is 1. The van der Waals surface area contributed by atoms with Crippen molar-refractivity contribution in [2.75, 3.05) is 0 Å². The van der Waals surface area contributed by atoms with Gasteiger partial charge in [-0.1, -0.05) is 17.7 Å². The van der Waals surface area contributed by atoms with Crippen molar-refractivity contribution in [3.05, 3.63) is 58.9 Å². The highest BCUT2D eigenvalue weighted by Crippen LogP contribution is 2.26. The Morgan fingerprint density at radius 1 is 1.28 bits per heavy atom. The first-order valence-electron chi connectivity index (χ1n) is 5.21. The van der Waals surface area contributed by atoms with Crippen molar-refractivity contribution in [2.24, 2.45) is 0 Å². The van der Waals surface area contributed by atoms with E-state index in [4.69, 9.17) is 16.7 Å². The van der Waals surface area contributed by atoms with Gasteiger partial charge in [-0.15, -0.1) is 11.8 Å². The van der Waals surface area contributed by atoms with Gasteiger partial charge < -0.3 is 5.11 Å². The first-order chi connectivity index (χ1) is 8.66. The summed E-state index contributed by atoms with van der Waals surface area (Å²) in [6, 6.07) is 8.64. The second-order valence-electron chi connectivity index (χ2n) is 3.58. The van der Waals surface area contributed by atoms with Crippen molar-refractivity contribution in [2.45, 2.75) is 10.6 Å². The Balaban J connectivity index is 2.08. The van der Waals surface area contributed by atoms with Crippen LogP contribution in [0.2, 0.25) is 5.02 Å². The largest absolute Gasteiger partial charge is 0.478 e. The van der Waals surface area contributed by atoms with Crippen molar-refractivity contribution < 1.29 is 9.90 Å². The number of carbonyl (C=O) groups is 1. The number of carboxylic acid groups (broad SMARTS) is 1. The zero-order valence-electron chi connectivity index (χ0n) is 9.34. The Kier molecular flexibility index (Phi) is 4.23. The third-order valence-electron chi connectivity index (χ3n) is 2.34. The molecule has 2 aromatic rings. The number of rotatable bonds is 4. The van der Waals surface area contributed by atoms with E-state index in [-0.39, 0.29) is 5.56 Å². The average Bonchev–Trinajstić information content (AvgIpc) is 2.38. The molecule has 0 saturated carbocycles. The number of aromatic nitrogens is 1. The van der Waals surface area contributed by atoms with E-state index >= 15 is 0 Å². The van der Waals surface area contributed by atoms with E-state index < -0.39 is 5.97 Å². The molecule has 0 unspecified atom stereocenters. The second-order valence-corrected chi connectivity index (χ2v) is 5.04. The molecule has 0 aliphatic carbocycles. The number of halogens is 1. The average molecular weight is 280 g/mol. The fourth-order valence-electron chi connectivity index (χ4n) is 1.39. The maximum Gasteiger partial charge on any atom is 0.335 e. The highest BCUT2D eigenvalue weighted by molar-refractivity contribution is 7.98. The van der Waals surface area contributed by atoms with Crippen LogP contribution in [0, 0.1) is 0 Å². The number of pyridine rings is 1. The third kappa shape index (κ3) is 3.24. The van der Waals surface area contributed by atoms with Crippen LogP contribution in [0.15, 0.2) is 47.6 Å². The van der Waals surface area contributed by atoms with Gasteiger partial charge in [-0.2, -0.15) is 0 Å². The lowest BCUT2D eigenvalue weighted by molar-refractivity contribution is 0.0697. The summed E-state index contributed by atoms with van der Waals surface area (Å²) in [5.74, 6) is -0.270. The van der Waals surface area contributed by atoms with Crippen LogP contribution in [0.3, 0.4) is 0 Å². The van der Waals surface area contributed by atoms with Crippen LogP contribution >= 0.6 is 23.4 Å². The first kappa shape index (κ1) is 12.9. The maximum absolute atomic E-state index is 10.8. The standard InChI is InChI=1S/C13H10ClNO2S/c14-12-7-9(13(16)17)1-2-10(12)8-18-11-3-5-15-6-4-11/h1-7H,8H2,(H,16,17). The van der Waals surface area contributed by atoms with Crippen LogP contribution < -0.4 is 0 Å². The van der Waals surface area contributed by atoms with Crippen LogP contribution in [0.1, 0.15) is 15.9 Å². The summed E-state index contributed by atoms with van der Waals surface area (Å²) >= 11 is 7.68. The van der Waals surface area contributed by atoms with Gasteiger partial charge in [-0.05, 0) is 29.8 Å². The summed E-state index contributed by atoms with van der Waals surface area (Å²) in [6.07, 6.45) is 3.47. The topological polar surface area (TPSA) is 50.2 Å². The molecule has 5 heteroatoms. The summed E-state index contributed by atoms with van der Waals surface area (Å²) in [4.78, 5) is 15.8. The van der Waals surface area contributed by atoms with E-state index in [9.17, 15) is 4.79 Å². The highest BCUT2D eigenvalue weighted by Gasteiger charge is 2.07. The fraction of sp³-hybridized carbons (Fsp3) is 0.0769. The molecule has 92 valence electrons. The zero-order chi connectivity index (χ0) is 13.0. The van der Waals surface area contributed by atoms with E-state index in [0.717, 1.165) is 10.5 Å². The van der Waals surface area contributed by atoms with Crippen LogP contribution in [0.4, 0.5) is 0 Å². The molecule has 18 heavy (non-hydrogen) atoms. The van der Waals surface area contributed by atoms with E-state index in [1.807, 2.05) is 12.1 Å². The summed E-state index contributed by atoms with van der Waals surface area (Å²) in [5, 5.41) is 9.32. The van der Waals surface area contributed by atoms with Crippen LogP contribution in [0.5, 0.6) is 0 Å². The molecular weight excluding hydrogens is 270 g/mol. The minimum Gasteiger partial charge on any atom is -0.478 e. The molecule has 3 nitrogen and oxygen atoms in total. The van der Waals surface area contributed by atoms with Crippen LogP contribution in [-0.2, 0) is 5.75 Å². The van der Waals surface area contributed by atoms with Gasteiger partial charge >= 0.3 is 5.97 Å². The maximum atomic E-state index is 10.8. The molecule has 2 rings (SSSR count). The lowest BCUT2D eigenvalue weighted by Crippen LogP contribution is -1.96. The first-order valence-corrected chi connectivity index (χ1v) is 6.58. The van der Waals surface area contributed by atoms with Crippen molar-refractivity contribution in [1.82, 2.24) is 4.98 Å². The lowest BCUT2D eigenvalue weighted by Gasteiger charge is -2.05. The monoisotopic (exact) mass is 279 g/mol. The Bertz CT molecular complexity index is 560. The lowest BCUT2D eigenvalue weighted by atomic mass is 10.1. The van der Waals surface area contributed by atoms with E-state index in [2.05, 4.69) is 4.98 Å². The number of carboxylic acids is 1. The van der Waals surface area contributed by atoms with Crippen molar-refractivity contribution in [1.29, 1.82) is 0 Å². The van der Waals surface area contributed by atoms with Crippen molar-refractivity contribution >= 4 is 29.3 Å². The van der Waals surface area contributed by atoms with Gasteiger partial charge in [0.05, 0.1) is 5.56 Å². The SMILES string of the molecule is O=C(O)c1ccc(CSc2ccncc2)c(Cl)c1. The molecule has 0 saturated heterocycles. The molecule has 1 aromatic carbocycles. The predicted molar refractivity (Wildman–Crippen MR) is 72.2 cm³/mol. The van der Waals surface area contributed by atoms with E-state index in [1.165, 1.54) is 6.07 Å².